The Morgan fingerprint density at radius 2 is 1.79 bits per heavy atom. The first-order valence-electron chi connectivity index (χ1n) is 8.63. The molecule has 0 spiro atoms. The molecule has 0 aliphatic carbocycles. The number of ketones is 1. The molecule has 0 atom stereocenters. The lowest BCUT2D eigenvalue weighted by Gasteiger charge is -2.11. The van der Waals surface area contributed by atoms with Crippen LogP contribution >= 0.6 is 11.8 Å². The van der Waals surface area contributed by atoms with Gasteiger partial charge in [0.1, 0.15) is 5.75 Å². The normalized spacial score (nSPS) is 11.7. The van der Waals surface area contributed by atoms with Gasteiger partial charge in [0.2, 0.25) is 6.79 Å². The first-order chi connectivity index (χ1) is 14.0. The van der Waals surface area contributed by atoms with Gasteiger partial charge in [0.25, 0.3) is 5.91 Å². The van der Waals surface area contributed by atoms with Gasteiger partial charge in [0.15, 0.2) is 23.9 Å². The molecule has 1 N–H and O–H groups in total. The second kappa shape index (κ2) is 9.33. The van der Waals surface area contributed by atoms with Gasteiger partial charge in [-0.1, -0.05) is 0 Å². The number of benzene rings is 2. The molecule has 0 bridgehead atoms. The fraction of sp³-hybridized carbons (Fsp3) is 0.250. The predicted octanol–water partition coefficient (Wildman–Crippen LogP) is 2.90. The Kier molecular flexibility index (Phi) is 6.61. The van der Waals surface area contributed by atoms with Gasteiger partial charge in [0, 0.05) is 16.5 Å². The Bertz CT molecular complexity index is 927. The van der Waals surface area contributed by atoms with Gasteiger partial charge in [-0.25, -0.2) is 0 Å². The number of hydrogen-bond acceptors (Lipinski definition) is 8. The van der Waals surface area contributed by atoms with Gasteiger partial charge >= 0.3 is 5.97 Å². The summed E-state index contributed by atoms with van der Waals surface area (Å²) >= 11 is 1.29. The highest BCUT2D eigenvalue weighted by atomic mass is 32.2. The first-order valence-corrected chi connectivity index (χ1v) is 9.61. The van der Waals surface area contributed by atoms with Gasteiger partial charge in [0.05, 0.1) is 18.6 Å². The topological polar surface area (TPSA) is 100 Å². The van der Waals surface area contributed by atoms with Crippen LogP contribution in [0.1, 0.15) is 17.3 Å². The number of hydrogen-bond donors (Lipinski definition) is 1. The molecular formula is C20H19NO7S. The van der Waals surface area contributed by atoms with Crippen molar-refractivity contribution < 1.29 is 33.3 Å². The van der Waals surface area contributed by atoms with E-state index in [9.17, 15) is 14.4 Å². The number of thioether (sulfide) groups is 1. The maximum atomic E-state index is 12.1. The van der Waals surface area contributed by atoms with Crippen molar-refractivity contribution in [1.29, 1.82) is 0 Å². The highest BCUT2D eigenvalue weighted by molar-refractivity contribution is 8.00. The molecule has 8 nitrogen and oxygen atoms in total. The van der Waals surface area contributed by atoms with Gasteiger partial charge in [-0.05, 0) is 37.3 Å². The molecule has 29 heavy (non-hydrogen) atoms. The lowest BCUT2D eigenvalue weighted by atomic mass is 10.1. The molecule has 0 unspecified atom stereocenters. The Morgan fingerprint density at radius 1 is 1.10 bits per heavy atom. The third-order valence-electron chi connectivity index (χ3n) is 3.95. The van der Waals surface area contributed by atoms with Crippen LogP contribution in [0.15, 0.2) is 41.3 Å². The molecule has 1 aliphatic heterocycles. The van der Waals surface area contributed by atoms with Crippen molar-refractivity contribution >= 4 is 35.1 Å². The summed E-state index contributed by atoms with van der Waals surface area (Å²) < 4.78 is 20.6. The zero-order chi connectivity index (χ0) is 20.8. The first kappa shape index (κ1) is 20.5. The molecule has 9 heteroatoms. The number of rotatable bonds is 8. The highest BCUT2D eigenvalue weighted by Gasteiger charge is 2.20. The minimum Gasteiger partial charge on any atom is -0.497 e. The SMILES string of the molecule is COc1ccc(SCC(=O)OCC(=O)Nc2cc3c(cc2C(C)=O)OCO3)cc1. The van der Waals surface area contributed by atoms with Gasteiger partial charge < -0.3 is 24.3 Å². The number of carbonyl (C=O) groups excluding carboxylic acids is 3. The quantitative estimate of drug-likeness (QED) is 0.398. The van der Waals surface area contributed by atoms with E-state index in [0.29, 0.717) is 11.5 Å². The number of Topliss-reactive ketones (excluding diaryl/α,β-unsaturated/α-hetero) is 1. The van der Waals surface area contributed by atoms with Crippen molar-refractivity contribution in [3.8, 4) is 17.2 Å². The number of methoxy groups -OCH3 is 1. The largest absolute Gasteiger partial charge is 0.497 e. The molecule has 1 aliphatic rings. The van der Waals surface area contributed by atoms with Crippen LogP contribution < -0.4 is 19.5 Å². The molecule has 2 aromatic rings. The number of amides is 1. The minimum absolute atomic E-state index is 0.0492. The molecule has 0 radical (unpaired) electrons. The number of fused-ring (bicyclic) bond motifs is 1. The second-order valence-corrected chi connectivity index (χ2v) is 7.03. The van der Waals surface area contributed by atoms with E-state index < -0.39 is 18.5 Å². The number of anilines is 1. The fourth-order valence-corrected chi connectivity index (χ4v) is 3.22. The van der Waals surface area contributed by atoms with Crippen molar-refractivity contribution in [2.24, 2.45) is 0 Å². The molecule has 0 fully saturated rings. The van der Waals surface area contributed by atoms with Crippen LogP contribution in [0.2, 0.25) is 0 Å². The summed E-state index contributed by atoms with van der Waals surface area (Å²) in [6.07, 6.45) is 0. The molecule has 152 valence electrons. The van der Waals surface area contributed by atoms with E-state index in [1.807, 2.05) is 12.1 Å². The van der Waals surface area contributed by atoms with Crippen LogP contribution in [-0.4, -0.2) is 43.9 Å². The Labute approximate surface area is 171 Å². The Morgan fingerprint density at radius 3 is 2.45 bits per heavy atom. The smallest absolute Gasteiger partial charge is 0.316 e. The summed E-state index contributed by atoms with van der Waals surface area (Å²) in [6.45, 7) is 0.963. The summed E-state index contributed by atoms with van der Waals surface area (Å²) in [5.74, 6) is 0.317. The minimum atomic E-state index is -0.561. The summed E-state index contributed by atoms with van der Waals surface area (Å²) in [5.41, 5.74) is 0.555. The molecule has 0 saturated carbocycles. The zero-order valence-electron chi connectivity index (χ0n) is 15.9. The Hall–Kier alpha value is -3.20. The maximum Gasteiger partial charge on any atom is 0.316 e. The van der Waals surface area contributed by atoms with E-state index in [1.165, 1.54) is 30.8 Å². The fourth-order valence-electron chi connectivity index (χ4n) is 2.52. The monoisotopic (exact) mass is 417 g/mol. The van der Waals surface area contributed by atoms with Crippen LogP contribution in [0.3, 0.4) is 0 Å². The van der Waals surface area contributed by atoms with Gasteiger partial charge in [-0.3, -0.25) is 14.4 Å². The van der Waals surface area contributed by atoms with Crippen LogP contribution in [0, 0.1) is 0 Å². The second-order valence-electron chi connectivity index (χ2n) is 5.98. The molecule has 1 heterocycles. The summed E-state index contributed by atoms with van der Waals surface area (Å²) in [4.78, 5) is 36.7. The van der Waals surface area contributed by atoms with Crippen LogP contribution in [0.4, 0.5) is 5.69 Å². The van der Waals surface area contributed by atoms with Crippen molar-refractivity contribution in [3.05, 3.63) is 42.0 Å². The van der Waals surface area contributed by atoms with Crippen LogP contribution in [0.5, 0.6) is 17.2 Å². The molecular weight excluding hydrogens is 398 g/mol. The third-order valence-corrected chi connectivity index (χ3v) is 4.93. The average molecular weight is 417 g/mol. The summed E-state index contributed by atoms with van der Waals surface area (Å²) in [6, 6.07) is 10.3. The third kappa shape index (κ3) is 5.41. The van der Waals surface area contributed by atoms with Crippen molar-refractivity contribution in [2.45, 2.75) is 11.8 Å². The van der Waals surface area contributed by atoms with Crippen molar-refractivity contribution in [1.82, 2.24) is 0 Å². The standard InChI is InChI=1S/C20H19NO7S/c1-12(22)15-7-17-18(28-11-27-17)8-16(15)21-19(23)9-26-20(24)10-29-14-5-3-13(25-2)4-6-14/h3-8H,9-11H2,1-2H3,(H,21,23). The van der Waals surface area contributed by atoms with Gasteiger partial charge in [-0.2, -0.15) is 0 Å². The predicted molar refractivity (Wildman–Crippen MR) is 106 cm³/mol. The van der Waals surface area contributed by atoms with E-state index in [2.05, 4.69) is 5.32 Å². The summed E-state index contributed by atoms with van der Waals surface area (Å²) in [7, 11) is 1.58. The lowest BCUT2D eigenvalue weighted by molar-refractivity contribution is -0.144. The van der Waals surface area contributed by atoms with Crippen molar-refractivity contribution in [3.63, 3.8) is 0 Å². The lowest BCUT2D eigenvalue weighted by Crippen LogP contribution is -2.22. The molecule has 0 aromatic heterocycles. The molecule has 0 saturated heterocycles. The van der Waals surface area contributed by atoms with Gasteiger partial charge in [-0.15, -0.1) is 11.8 Å². The number of esters is 1. The highest BCUT2D eigenvalue weighted by Crippen LogP contribution is 2.37. The van der Waals surface area contributed by atoms with Crippen LogP contribution in [-0.2, 0) is 14.3 Å². The average Bonchev–Trinajstić information content (AvgIpc) is 3.17. The van der Waals surface area contributed by atoms with E-state index >= 15 is 0 Å². The number of ether oxygens (including phenoxy) is 4. The number of nitrogens with one attached hydrogen (secondary N) is 1. The summed E-state index contributed by atoms with van der Waals surface area (Å²) in [5, 5.41) is 2.57. The molecule has 1 amide bonds. The number of carbonyl (C=O) groups is 3. The maximum absolute atomic E-state index is 12.1. The Balaban J connectivity index is 1.50. The van der Waals surface area contributed by atoms with E-state index in [4.69, 9.17) is 18.9 Å². The van der Waals surface area contributed by atoms with E-state index in [1.54, 1.807) is 19.2 Å². The molecule has 2 aromatic carbocycles. The van der Waals surface area contributed by atoms with E-state index in [-0.39, 0.29) is 29.6 Å². The van der Waals surface area contributed by atoms with Crippen molar-refractivity contribution in [2.75, 3.05) is 31.6 Å². The van der Waals surface area contributed by atoms with Crippen LogP contribution in [0.25, 0.3) is 0 Å². The van der Waals surface area contributed by atoms with E-state index in [0.717, 1.165) is 10.6 Å². The molecule has 3 rings (SSSR count). The zero-order valence-corrected chi connectivity index (χ0v) is 16.7.